The zero-order chi connectivity index (χ0) is 8.31. The summed E-state index contributed by atoms with van der Waals surface area (Å²) in [7, 11) is 0. The van der Waals surface area contributed by atoms with E-state index in [1.807, 2.05) is 13.8 Å². The third kappa shape index (κ3) is 1.53. The van der Waals surface area contributed by atoms with Crippen molar-refractivity contribution >= 4 is 0 Å². The van der Waals surface area contributed by atoms with Gasteiger partial charge in [0.15, 0.2) is 0 Å². The summed E-state index contributed by atoms with van der Waals surface area (Å²) < 4.78 is 0. The second-order valence-corrected chi connectivity index (χ2v) is 3.44. The van der Waals surface area contributed by atoms with E-state index in [0.717, 1.165) is 23.7 Å². The van der Waals surface area contributed by atoms with Gasteiger partial charge in [-0.2, -0.15) is 0 Å². The molecule has 1 rings (SSSR count). The van der Waals surface area contributed by atoms with Crippen molar-refractivity contribution in [1.82, 2.24) is 0 Å². The van der Waals surface area contributed by atoms with E-state index in [2.05, 4.69) is 27.7 Å². The minimum absolute atomic E-state index is 0.977. The Bertz CT molecular complexity index is 54.0. The van der Waals surface area contributed by atoms with Crippen LogP contribution in [0.5, 0.6) is 0 Å². The monoisotopic (exact) mass is 142 g/mol. The van der Waals surface area contributed by atoms with Crippen molar-refractivity contribution in [2.24, 2.45) is 23.7 Å². The molecule has 0 aromatic rings. The fraction of sp³-hybridized carbons (Fsp3) is 1.00. The predicted octanol–water partition coefficient (Wildman–Crippen LogP) is 3.57. The van der Waals surface area contributed by atoms with Gasteiger partial charge in [0.2, 0.25) is 0 Å². The van der Waals surface area contributed by atoms with Gasteiger partial charge in [-0.05, 0) is 23.7 Å². The molecule has 0 heteroatoms. The Morgan fingerprint density at radius 1 is 0.500 bits per heavy atom. The van der Waals surface area contributed by atoms with E-state index in [1.165, 1.54) is 0 Å². The molecule has 0 aliphatic heterocycles. The Morgan fingerprint density at radius 2 is 0.600 bits per heavy atom. The van der Waals surface area contributed by atoms with Crippen LogP contribution in [0.15, 0.2) is 0 Å². The number of hydrogen-bond acceptors (Lipinski definition) is 0. The fourth-order valence-corrected chi connectivity index (χ4v) is 1.77. The molecule has 10 heavy (non-hydrogen) atoms. The van der Waals surface area contributed by atoms with Crippen LogP contribution in [0.4, 0.5) is 0 Å². The van der Waals surface area contributed by atoms with Gasteiger partial charge in [0.1, 0.15) is 0 Å². The van der Waals surface area contributed by atoms with E-state index in [9.17, 15) is 0 Å². The van der Waals surface area contributed by atoms with Gasteiger partial charge in [0, 0.05) is 0 Å². The standard InChI is InChI=1S/C8H16.C2H6/c1-5-6(2)8(4)7(5)3;1-2/h5-8H,1-4H3;1-2H3. The second-order valence-electron chi connectivity index (χ2n) is 3.44. The van der Waals surface area contributed by atoms with Gasteiger partial charge in [-0.25, -0.2) is 0 Å². The van der Waals surface area contributed by atoms with Crippen molar-refractivity contribution < 1.29 is 0 Å². The average molecular weight is 142 g/mol. The first-order chi connectivity index (χ1) is 4.64. The molecule has 0 unspecified atom stereocenters. The molecule has 0 bridgehead atoms. The lowest BCUT2D eigenvalue weighted by atomic mass is 9.60. The molecule has 1 fully saturated rings. The summed E-state index contributed by atoms with van der Waals surface area (Å²) in [6.07, 6.45) is 0. The van der Waals surface area contributed by atoms with Crippen molar-refractivity contribution in [3.8, 4) is 0 Å². The molecule has 0 heterocycles. The second kappa shape index (κ2) is 4.00. The molecule has 0 spiro atoms. The Kier molecular flexibility index (Phi) is 4.00. The maximum Gasteiger partial charge on any atom is -0.0386 e. The third-order valence-electron chi connectivity index (χ3n) is 3.32. The van der Waals surface area contributed by atoms with Crippen LogP contribution in [0.1, 0.15) is 41.5 Å². The lowest BCUT2D eigenvalue weighted by Crippen LogP contribution is -2.39. The first kappa shape index (κ1) is 10.0. The molecule has 0 aromatic carbocycles. The number of hydrogen-bond donors (Lipinski definition) is 0. The van der Waals surface area contributed by atoms with Gasteiger partial charge in [-0.3, -0.25) is 0 Å². The maximum absolute atomic E-state index is 2.36. The molecule has 0 N–H and O–H groups in total. The Labute approximate surface area is 66.0 Å². The zero-order valence-corrected chi connectivity index (χ0v) is 8.31. The quantitative estimate of drug-likeness (QED) is 0.485. The molecule has 62 valence electrons. The van der Waals surface area contributed by atoms with Crippen molar-refractivity contribution in [3.05, 3.63) is 0 Å². The largest absolute Gasteiger partial charge is 0.0683 e. The van der Waals surface area contributed by atoms with Crippen molar-refractivity contribution in [3.63, 3.8) is 0 Å². The first-order valence-electron chi connectivity index (χ1n) is 4.64. The maximum atomic E-state index is 2.36. The van der Waals surface area contributed by atoms with E-state index in [0.29, 0.717) is 0 Å². The van der Waals surface area contributed by atoms with Gasteiger partial charge < -0.3 is 0 Å². The van der Waals surface area contributed by atoms with E-state index in [1.54, 1.807) is 0 Å². The van der Waals surface area contributed by atoms with Gasteiger partial charge in [-0.1, -0.05) is 41.5 Å². The van der Waals surface area contributed by atoms with E-state index in [-0.39, 0.29) is 0 Å². The molecule has 1 aliphatic carbocycles. The molecular formula is C10H22. The van der Waals surface area contributed by atoms with E-state index < -0.39 is 0 Å². The van der Waals surface area contributed by atoms with Crippen LogP contribution in [-0.2, 0) is 0 Å². The normalized spacial score (nSPS) is 45.0. The van der Waals surface area contributed by atoms with Gasteiger partial charge in [0.05, 0.1) is 0 Å². The summed E-state index contributed by atoms with van der Waals surface area (Å²) in [6.45, 7) is 13.4. The lowest BCUT2D eigenvalue weighted by molar-refractivity contribution is 0.0302. The molecule has 0 atom stereocenters. The van der Waals surface area contributed by atoms with Crippen LogP contribution < -0.4 is 0 Å². The highest BCUT2D eigenvalue weighted by Crippen LogP contribution is 2.44. The van der Waals surface area contributed by atoms with Crippen molar-refractivity contribution in [1.29, 1.82) is 0 Å². The van der Waals surface area contributed by atoms with Gasteiger partial charge in [0.25, 0.3) is 0 Å². The summed E-state index contributed by atoms with van der Waals surface area (Å²) in [5, 5.41) is 0. The summed E-state index contributed by atoms with van der Waals surface area (Å²) in [5.41, 5.74) is 0. The van der Waals surface area contributed by atoms with Crippen molar-refractivity contribution in [2.45, 2.75) is 41.5 Å². The molecule has 0 amide bonds. The molecule has 0 aromatic heterocycles. The summed E-state index contributed by atoms with van der Waals surface area (Å²) >= 11 is 0. The Morgan fingerprint density at radius 3 is 0.700 bits per heavy atom. The Hall–Kier alpha value is 0. The van der Waals surface area contributed by atoms with Crippen LogP contribution in [0.2, 0.25) is 0 Å². The SMILES string of the molecule is CC.CC1C(C)C(C)C1C. The Balaban J connectivity index is 0.000000371. The smallest absolute Gasteiger partial charge is 0.0386 e. The summed E-state index contributed by atoms with van der Waals surface area (Å²) in [6, 6.07) is 0. The zero-order valence-electron chi connectivity index (χ0n) is 8.31. The lowest BCUT2D eigenvalue weighted by Gasteiger charge is -2.45. The van der Waals surface area contributed by atoms with Crippen LogP contribution in [0, 0.1) is 23.7 Å². The first-order valence-corrected chi connectivity index (χ1v) is 4.64. The van der Waals surface area contributed by atoms with Crippen LogP contribution in [0.25, 0.3) is 0 Å². The molecule has 0 nitrogen and oxygen atoms in total. The van der Waals surface area contributed by atoms with Crippen LogP contribution in [-0.4, -0.2) is 0 Å². The minimum Gasteiger partial charge on any atom is -0.0683 e. The number of rotatable bonds is 0. The predicted molar refractivity (Wildman–Crippen MR) is 48.0 cm³/mol. The average Bonchev–Trinajstić information content (AvgIpc) is 2.04. The topological polar surface area (TPSA) is 0 Å². The van der Waals surface area contributed by atoms with E-state index in [4.69, 9.17) is 0 Å². The highest BCUT2D eigenvalue weighted by molar-refractivity contribution is 4.86. The molecule has 1 aliphatic rings. The van der Waals surface area contributed by atoms with Crippen LogP contribution >= 0.6 is 0 Å². The summed E-state index contributed by atoms with van der Waals surface area (Å²) in [5.74, 6) is 3.91. The third-order valence-corrected chi connectivity index (χ3v) is 3.32. The molecule has 0 saturated heterocycles. The van der Waals surface area contributed by atoms with Crippen molar-refractivity contribution in [2.75, 3.05) is 0 Å². The van der Waals surface area contributed by atoms with Crippen LogP contribution in [0.3, 0.4) is 0 Å². The van der Waals surface area contributed by atoms with Gasteiger partial charge in [-0.15, -0.1) is 0 Å². The minimum atomic E-state index is 0.977. The molecule has 1 saturated carbocycles. The fourth-order valence-electron chi connectivity index (χ4n) is 1.77. The summed E-state index contributed by atoms with van der Waals surface area (Å²) in [4.78, 5) is 0. The van der Waals surface area contributed by atoms with E-state index >= 15 is 0 Å². The molecule has 0 radical (unpaired) electrons. The highest BCUT2D eigenvalue weighted by Gasteiger charge is 2.38. The molecular weight excluding hydrogens is 120 g/mol. The van der Waals surface area contributed by atoms with Gasteiger partial charge >= 0.3 is 0 Å². The highest BCUT2D eigenvalue weighted by atomic mass is 14.4.